The van der Waals surface area contributed by atoms with Gasteiger partial charge in [0.15, 0.2) is 244 Å². The molecule has 0 aliphatic carbocycles. The molecule has 0 spiro atoms. The molecule has 0 saturated carbocycles. The molecule has 0 nitrogen and oxygen atoms in total. The van der Waals surface area contributed by atoms with E-state index in [0.29, 0.717) is 0 Å². The van der Waals surface area contributed by atoms with E-state index in [1.165, 1.54) is 0 Å². The van der Waals surface area contributed by atoms with Crippen LogP contribution in [0.4, 0.5) is 184 Å². The SMILES string of the molecule is Fc1c(F)c(F)c2c(-c3c(F)c(F)c(F)c4c(F)c(F)c(F)c(F)c34)c(F)c(F)c(F)c2c1F.Fc1c(F)c(F)c2c(-c3c(F)c(F)c(F)c4c(F)c(F)c(F)c(F)c34)c(F)c(F)c(F)c2c1F.Fc1c(F)c(F)c2c(-c3c(F)c(F)c(F)c4c(F)c(F)c(F)c(F)c34)c(F)c(F)c(F)c2c1F.[B]. The monoisotopic (exact) mass is 1530 g/mol. The van der Waals surface area contributed by atoms with Crippen molar-refractivity contribution in [2.45, 2.75) is 0 Å². The predicted molar refractivity (Wildman–Crippen MR) is 265 cm³/mol. The summed E-state index contributed by atoms with van der Waals surface area (Å²) in [4.78, 5) is 0. The van der Waals surface area contributed by atoms with Gasteiger partial charge in [-0.15, -0.1) is 0 Å². The summed E-state index contributed by atoms with van der Waals surface area (Å²) in [5.41, 5.74) is -13.9. The molecule has 0 aromatic heterocycles. The molecule has 0 fully saturated rings. The first-order chi connectivity index (χ1) is 47.2. The zero-order valence-corrected chi connectivity index (χ0v) is 46.5. The first kappa shape index (κ1) is 76.5. The standard InChI is InChI=1S/3C20F14.B/c3*21-7-1(3-5(11(25)15(7)29)13(27)19(33)17(31)9(3)23)2-4-6(12(26)16(30)8(2)22)14(28)20(34)18(32)10(4)24;. The Hall–Kier alpha value is -10.7. The van der Waals surface area contributed by atoms with Crippen molar-refractivity contribution in [1.82, 2.24) is 0 Å². The zero-order valence-electron chi connectivity index (χ0n) is 46.5. The normalized spacial score (nSPS) is 11.7. The Morgan fingerprint density at radius 3 is 0.204 bits per heavy atom. The summed E-state index contributed by atoms with van der Waals surface area (Å²) in [6.07, 6.45) is 0. The van der Waals surface area contributed by atoms with Crippen molar-refractivity contribution in [2.24, 2.45) is 0 Å². The molecule has 0 saturated heterocycles. The summed E-state index contributed by atoms with van der Waals surface area (Å²) in [6, 6.07) is 0. The third-order valence-corrected chi connectivity index (χ3v) is 14.8. The Kier molecular flexibility index (Phi) is 19.3. The number of benzene rings is 12. The van der Waals surface area contributed by atoms with Gasteiger partial charge in [-0.25, -0.2) is 184 Å². The highest BCUT2D eigenvalue weighted by molar-refractivity contribution is 6.10. The van der Waals surface area contributed by atoms with E-state index in [2.05, 4.69) is 0 Å². The number of hydrogen-bond donors (Lipinski definition) is 0. The van der Waals surface area contributed by atoms with Crippen LogP contribution >= 0.6 is 0 Å². The van der Waals surface area contributed by atoms with E-state index in [4.69, 9.17) is 0 Å². The Bertz CT molecular complexity index is 4930. The highest BCUT2D eigenvalue weighted by Gasteiger charge is 2.42. The number of rotatable bonds is 3. The Morgan fingerprint density at radius 2 is 0.126 bits per heavy atom. The van der Waals surface area contributed by atoms with Crippen LogP contribution < -0.4 is 0 Å². The molecule has 0 heterocycles. The van der Waals surface area contributed by atoms with E-state index in [1.807, 2.05) is 0 Å². The van der Waals surface area contributed by atoms with Crippen LogP contribution in [0.25, 0.3) is 98.0 Å². The minimum Gasteiger partial charge on any atom is -0.203 e. The van der Waals surface area contributed by atoms with Crippen LogP contribution in [0, 0.1) is 244 Å². The van der Waals surface area contributed by atoms with E-state index < -0.39 is 342 Å². The second-order valence-corrected chi connectivity index (χ2v) is 19.9. The lowest BCUT2D eigenvalue weighted by Crippen LogP contribution is -2.10. The van der Waals surface area contributed by atoms with Gasteiger partial charge in [0.25, 0.3) is 0 Å². The minimum atomic E-state index is -2.87. The lowest BCUT2D eigenvalue weighted by Gasteiger charge is -2.17. The molecule has 0 aliphatic heterocycles. The van der Waals surface area contributed by atoms with Gasteiger partial charge in [0.1, 0.15) is 0 Å². The third kappa shape index (κ3) is 10.4. The molecule has 0 unspecified atom stereocenters. The first-order valence-corrected chi connectivity index (χ1v) is 25.2. The average Bonchev–Trinajstić information content (AvgIpc) is 0.719. The summed E-state index contributed by atoms with van der Waals surface area (Å²) < 4.78 is 594. The number of halogens is 42. The molecule has 537 valence electrons. The fourth-order valence-electron chi connectivity index (χ4n) is 10.4. The van der Waals surface area contributed by atoms with Gasteiger partial charge in [0, 0.05) is 74.1 Å². The van der Waals surface area contributed by atoms with Crippen molar-refractivity contribution in [2.75, 3.05) is 0 Å². The predicted octanol–water partition coefficient (Wildman–Crippen LogP) is 22.4. The molecular formula is C60BF42. The van der Waals surface area contributed by atoms with Gasteiger partial charge < -0.3 is 0 Å². The minimum absolute atomic E-state index is 0. The van der Waals surface area contributed by atoms with E-state index in [9.17, 15) is 184 Å². The second kappa shape index (κ2) is 26.0. The van der Waals surface area contributed by atoms with Crippen LogP contribution in [0.2, 0.25) is 0 Å². The molecule has 12 rings (SSSR count). The van der Waals surface area contributed by atoms with Gasteiger partial charge in [-0.1, -0.05) is 0 Å². The maximum absolute atomic E-state index is 14.7. The molecule has 12 aromatic carbocycles. The van der Waals surface area contributed by atoms with Gasteiger partial charge in [-0.05, 0) is 0 Å². The summed E-state index contributed by atoms with van der Waals surface area (Å²) in [7, 11) is 0. The molecule has 3 radical (unpaired) electrons. The van der Waals surface area contributed by atoms with Crippen LogP contribution in [0.15, 0.2) is 0 Å². The van der Waals surface area contributed by atoms with Gasteiger partial charge in [-0.2, -0.15) is 0 Å². The highest BCUT2D eigenvalue weighted by Crippen LogP contribution is 2.51. The Balaban J connectivity index is 0.000000179. The van der Waals surface area contributed by atoms with Crippen molar-refractivity contribution in [3.63, 3.8) is 0 Å². The van der Waals surface area contributed by atoms with Gasteiger partial charge in [0.2, 0.25) is 0 Å². The van der Waals surface area contributed by atoms with Crippen LogP contribution in [0.3, 0.4) is 0 Å². The number of hydrogen-bond acceptors (Lipinski definition) is 0. The summed E-state index contributed by atoms with van der Waals surface area (Å²) in [5, 5.41) is -26.8. The van der Waals surface area contributed by atoms with E-state index >= 15 is 0 Å². The van der Waals surface area contributed by atoms with Gasteiger partial charge >= 0.3 is 0 Å². The van der Waals surface area contributed by atoms with Crippen molar-refractivity contribution in [3.05, 3.63) is 244 Å². The largest absolute Gasteiger partial charge is 0.203 e. The van der Waals surface area contributed by atoms with Crippen molar-refractivity contribution in [3.8, 4) is 33.4 Å². The molecule has 43 heteroatoms. The quantitative estimate of drug-likeness (QED) is 0.0716. The van der Waals surface area contributed by atoms with Crippen LogP contribution in [0.5, 0.6) is 0 Å². The molecule has 0 bridgehead atoms. The first-order valence-electron chi connectivity index (χ1n) is 25.2. The van der Waals surface area contributed by atoms with Gasteiger partial charge in [-0.3, -0.25) is 0 Å². The maximum atomic E-state index is 14.7. The van der Waals surface area contributed by atoms with Crippen LogP contribution in [-0.4, -0.2) is 8.41 Å². The van der Waals surface area contributed by atoms with Gasteiger partial charge in [0.05, 0.1) is 32.3 Å². The second-order valence-electron chi connectivity index (χ2n) is 19.9. The van der Waals surface area contributed by atoms with Crippen molar-refractivity contribution >= 4 is 73.0 Å². The fraction of sp³-hybridized carbons (Fsp3) is 0. The van der Waals surface area contributed by atoms with E-state index in [-0.39, 0.29) is 8.41 Å². The summed E-state index contributed by atoms with van der Waals surface area (Å²) in [5.74, 6) is -117. The number of fused-ring (bicyclic) bond motifs is 6. The molecule has 103 heavy (non-hydrogen) atoms. The molecule has 12 aromatic rings. The third-order valence-electron chi connectivity index (χ3n) is 14.8. The Morgan fingerprint density at radius 1 is 0.0680 bits per heavy atom. The Labute approximate surface area is 534 Å². The van der Waals surface area contributed by atoms with Crippen LogP contribution in [-0.2, 0) is 0 Å². The molecule has 0 amide bonds. The van der Waals surface area contributed by atoms with E-state index in [0.717, 1.165) is 0 Å². The zero-order chi connectivity index (χ0) is 76.6. The fourth-order valence-corrected chi connectivity index (χ4v) is 10.4. The van der Waals surface area contributed by atoms with Crippen molar-refractivity contribution in [1.29, 1.82) is 0 Å². The highest BCUT2D eigenvalue weighted by atomic mass is 19.2. The lowest BCUT2D eigenvalue weighted by molar-refractivity contribution is 0.409. The maximum Gasteiger partial charge on any atom is 0.198 e. The smallest absolute Gasteiger partial charge is 0.198 e. The molecular weight excluding hydrogens is 1530 g/mol. The van der Waals surface area contributed by atoms with Crippen LogP contribution in [0.1, 0.15) is 0 Å². The topological polar surface area (TPSA) is 0 Å². The van der Waals surface area contributed by atoms with E-state index in [1.54, 1.807) is 0 Å². The average molecular weight is 1530 g/mol. The van der Waals surface area contributed by atoms with Crippen molar-refractivity contribution < 1.29 is 184 Å². The molecule has 0 atom stereocenters. The molecule has 0 N–H and O–H groups in total. The summed E-state index contributed by atoms with van der Waals surface area (Å²) >= 11 is 0. The molecule has 0 aliphatic rings. The lowest BCUT2D eigenvalue weighted by atomic mass is 9.90. The summed E-state index contributed by atoms with van der Waals surface area (Å²) in [6.45, 7) is 0.